The molecule has 1 aromatic rings. The van der Waals surface area contributed by atoms with Gasteiger partial charge in [-0.3, -0.25) is 0 Å². The van der Waals surface area contributed by atoms with Crippen LogP contribution < -0.4 is 0 Å². The van der Waals surface area contributed by atoms with Gasteiger partial charge in [0.05, 0.1) is 13.2 Å². The SMILES string of the molecule is ClC(Cl)(Cl)c1nc(C2CCC3(CC2)OCCO3)no1. The largest absolute Gasteiger partial charge is 0.348 e. The highest BCUT2D eigenvalue weighted by atomic mass is 35.6. The molecule has 2 heterocycles. The van der Waals surface area contributed by atoms with Crippen molar-refractivity contribution < 1.29 is 14.0 Å². The quantitative estimate of drug-likeness (QED) is 0.741. The molecule has 0 amide bonds. The predicted octanol–water partition coefficient (Wildman–Crippen LogP) is 3.30. The van der Waals surface area contributed by atoms with Gasteiger partial charge in [-0.05, 0) is 12.8 Å². The third-order valence-corrected chi connectivity index (χ3v) is 4.10. The lowest BCUT2D eigenvalue weighted by Crippen LogP contribution is -2.34. The Labute approximate surface area is 125 Å². The summed E-state index contributed by atoms with van der Waals surface area (Å²) in [4.78, 5) is 4.16. The van der Waals surface area contributed by atoms with Crippen LogP contribution in [-0.2, 0) is 13.3 Å². The normalized spacial score (nSPS) is 24.2. The Kier molecular flexibility index (Phi) is 3.69. The van der Waals surface area contributed by atoms with Crippen molar-refractivity contribution >= 4 is 34.8 Å². The summed E-state index contributed by atoms with van der Waals surface area (Å²) in [5, 5.41) is 3.90. The van der Waals surface area contributed by atoms with E-state index in [0.29, 0.717) is 19.0 Å². The van der Waals surface area contributed by atoms with Gasteiger partial charge in [0.1, 0.15) is 0 Å². The van der Waals surface area contributed by atoms with Crippen molar-refractivity contribution in [2.24, 2.45) is 0 Å². The minimum atomic E-state index is -1.67. The van der Waals surface area contributed by atoms with E-state index in [1.165, 1.54) is 0 Å². The van der Waals surface area contributed by atoms with E-state index >= 15 is 0 Å². The van der Waals surface area contributed by atoms with Gasteiger partial charge in [-0.25, -0.2) is 0 Å². The number of hydrogen-bond donors (Lipinski definition) is 0. The topological polar surface area (TPSA) is 57.4 Å². The molecule has 0 aromatic carbocycles. The Morgan fingerprint density at radius 2 is 1.74 bits per heavy atom. The molecule has 0 unspecified atom stereocenters. The highest BCUT2D eigenvalue weighted by Gasteiger charge is 2.42. The first-order valence-electron chi connectivity index (χ1n) is 6.17. The summed E-state index contributed by atoms with van der Waals surface area (Å²) in [5.74, 6) is 0.414. The first kappa shape index (κ1) is 13.9. The third-order valence-electron chi connectivity index (χ3n) is 3.61. The van der Waals surface area contributed by atoms with Crippen molar-refractivity contribution in [2.75, 3.05) is 13.2 Å². The van der Waals surface area contributed by atoms with Crippen LogP contribution in [0.2, 0.25) is 0 Å². The summed E-state index contributed by atoms with van der Waals surface area (Å²) in [6, 6.07) is 0. The summed E-state index contributed by atoms with van der Waals surface area (Å²) >= 11 is 17.1. The Morgan fingerprint density at radius 1 is 1.11 bits per heavy atom. The van der Waals surface area contributed by atoms with Crippen LogP contribution in [0.1, 0.15) is 43.3 Å². The van der Waals surface area contributed by atoms with Gasteiger partial charge < -0.3 is 14.0 Å². The van der Waals surface area contributed by atoms with Crippen LogP contribution in [0.4, 0.5) is 0 Å². The molecule has 8 heteroatoms. The summed E-state index contributed by atoms with van der Waals surface area (Å²) in [7, 11) is 0. The zero-order valence-electron chi connectivity index (χ0n) is 10.1. The summed E-state index contributed by atoms with van der Waals surface area (Å²) in [6.07, 6.45) is 3.41. The maximum Gasteiger partial charge on any atom is 0.278 e. The van der Waals surface area contributed by atoms with E-state index in [2.05, 4.69) is 10.1 Å². The van der Waals surface area contributed by atoms with Gasteiger partial charge in [0.2, 0.25) is 0 Å². The fourth-order valence-electron chi connectivity index (χ4n) is 2.62. The molecule has 1 saturated carbocycles. The standard InChI is InChI=1S/C11H13Cl3N2O3/c12-11(13,14)9-15-8(16-19-9)7-1-3-10(4-2-7)17-5-6-18-10/h7H,1-6H2. The summed E-state index contributed by atoms with van der Waals surface area (Å²) < 4.78 is 14.7. The molecule has 19 heavy (non-hydrogen) atoms. The van der Waals surface area contributed by atoms with E-state index in [4.69, 9.17) is 48.8 Å². The average Bonchev–Trinajstić information content (AvgIpc) is 2.99. The van der Waals surface area contributed by atoms with Crippen LogP contribution in [0.5, 0.6) is 0 Å². The second-order valence-corrected chi connectivity index (χ2v) is 7.12. The average molecular weight is 328 g/mol. The van der Waals surface area contributed by atoms with Crippen LogP contribution in [0.25, 0.3) is 0 Å². The molecule has 1 aromatic heterocycles. The van der Waals surface area contributed by atoms with E-state index in [0.717, 1.165) is 25.7 Å². The van der Waals surface area contributed by atoms with Gasteiger partial charge in [0.15, 0.2) is 11.6 Å². The van der Waals surface area contributed by atoms with Gasteiger partial charge in [-0.15, -0.1) is 0 Å². The van der Waals surface area contributed by atoms with Crippen molar-refractivity contribution in [3.63, 3.8) is 0 Å². The van der Waals surface area contributed by atoms with E-state index in [1.54, 1.807) is 0 Å². The predicted molar refractivity (Wildman–Crippen MR) is 69.4 cm³/mol. The van der Waals surface area contributed by atoms with Gasteiger partial charge in [-0.2, -0.15) is 4.98 Å². The molecule has 1 aliphatic carbocycles. The molecule has 1 saturated heterocycles. The van der Waals surface area contributed by atoms with Crippen LogP contribution in [-0.4, -0.2) is 29.1 Å². The molecule has 1 aliphatic heterocycles. The molecule has 5 nitrogen and oxygen atoms in total. The maximum atomic E-state index is 5.70. The molecule has 0 N–H and O–H groups in total. The Balaban J connectivity index is 1.66. The van der Waals surface area contributed by atoms with Crippen LogP contribution in [0.3, 0.4) is 0 Å². The third kappa shape index (κ3) is 2.85. The smallest absolute Gasteiger partial charge is 0.278 e. The lowest BCUT2D eigenvalue weighted by Gasteiger charge is -2.34. The van der Waals surface area contributed by atoms with Gasteiger partial charge >= 0.3 is 0 Å². The summed E-state index contributed by atoms with van der Waals surface area (Å²) in [6.45, 7) is 1.34. The number of hydrogen-bond acceptors (Lipinski definition) is 5. The first-order chi connectivity index (χ1) is 8.99. The zero-order chi connectivity index (χ0) is 13.5. The fourth-order valence-corrected chi connectivity index (χ4v) is 2.85. The molecule has 0 atom stereocenters. The van der Waals surface area contributed by atoms with Gasteiger partial charge in [0.25, 0.3) is 9.68 Å². The van der Waals surface area contributed by atoms with Crippen molar-refractivity contribution in [3.05, 3.63) is 11.7 Å². The van der Waals surface area contributed by atoms with Gasteiger partial charge in [0, 0.05) is 18.8 Å². The second-order valence-electron chi connectivity index (χ2n) is 4.84. The van der Waals surface area contributed by atoms with Crippen molar-refractivity contribution in [1.82, 2.24) is 10.1 Å². The summed E-state index contributed by atoms with van der Waals surface area (Å²) in [5.41, 5.74) is 0. The van der Waals surface area contributed by atoms with Crippen molar-refractivity contribution in [3.8, 4) is 0 Å². The molecular formula is C11H13Cl3N2O3. The molecule has 1 spiro atoms. The number of rotatable bonds is 1. The minimum absolute atomic E-state index is 0.0150. The number of ether oxygens (including phenoxy) is 2. The number of aromatic nitrogens is 2. The lowest BCUT2D eigenvalue weighted by molar-refractivity contribution is -0.179. The minimum Gasteiger partial charge on any atom is -0.348 e. The Morgan fingerprint density at radius 3 is 2.26 bits per heavy atom. The fraction of sp³-hybridized carbons (Fsp3) is 0.818. The van der Waals surface area contributed by atoms with Gasteiger partial charge in [-0.1, -0.05) is 40.0 Å². The Bertz CT molecular complexity index is 444. The first-order valence-corrected chi connectivity index (χ1v) is 7.31. The molecule has 0 radical (unpaired) electrons. The van der Waals surface area contributed by atoms with Crippen molar-refractivity contribution in [2.45, 2.75) is 41.2 Å². The molecule has 106 valence electrons. The van der Waals surface area contributed by atoms with E-state index < -0.39 is 9.58 Å². The number of nitrogens with zero attached hydrogens (tertiary/aromatic N) is 2. The highest BCUT2D eigenvalue weighted by Crippen LogP contribution is 2.43. The van der Waals surface area contributed by atoms with Crippen LogP contribution >= 0.6 is 34.8 Å². The molecule has 0 bridgehead atoms. The molecule has 2 aliphatic rings. The van der Waals surface area contributed by atoms with Crippen molar-refractivity contribution in [1.29, 1.82) is 0 Å². The van der Waals surface area contributed by atoms with Crippen LogP contribution in [0.15, 0.2) is 4.52 Å². The number of alkyl halides is 3. The zero-order valence-corrected chi connectivity index (χ0v) is 12.3. The second kappa shape index (κ2) is 5.04. The highest BCUT2D eigenvalue weighted by molar-refractivity contribution is 6.66. The van der Waals surface area contributed by atoms with E-state index in [1.807, 2.05) is 0 Å². The molecule has 2 fully saturated rings. The van der Waals surface area contributed by atoms with E-state index in [9.17, 15) is 0 Å². The van der Waals surface area contributed by atoms with E-state index in [-0.39, 0.29) is 11.8 Å². The lowest BCUT2D eigenvalue weighted by atomic mass is 9.84. The monoisotopic (exact) mass is 326 g/mol. The molecular weight excluding hydrogens is 314 g/mol. The van der Waals surface area contributed by atoms with Crippen LogP contribution in [0, 0.1) is 0 Å². The Hall–Kier alpha value is -0.0700. The maximum absolute atomic E-state index is 5.70. The molecule has 3 rings (SSSR count). The number of halogens is 3.